The van der Waals surface area contributed by atoms with Crippen LogP contribution in [0.1, 0.15) is 34.8 Å². The Hall–Kier alpha value is -2.87. The highest BCUT2D eigenvalue weighted by Crippen LogP contribution is 2.32. The molecular weight excluding hydrogens is 354 g/mol. The van der Waals surface area contributed by atoms with Crippen molar-refractivity contribution in [2.24, 2.45) is 5.73 Å². The van der Waals surface area contributed by atoms with Gasteiger partial charge in [0.2, 0.25) is 0 Å². The van der Waals surface area contributed by atoms with E-state index in [1.807, 2.05) is 11.0 Å². The van der Waals surface area contributed by atoms with Crippen LogP contribution in [0.2, 0.25) is 5.15 Å². The summed E-state index contributed by atoms with van der Waals surface area (Å²) >= 11 is 6.23. The summed E-state index contributed by atoms with van der Waals surface area (Å²) < 4.78 is 0. The van der Waals surface area contributed by atoms with Crippen molar-refractivity contribution in [3.8, 4) is 0 Å². The van der Waals surface area contributed by atoms with Crippen LogP contribution in [-0.2, 0) is 0 Å². The second kappa shape index (κ2) is 7.57. The predicted molar refractivity (Wildman–Crippen MR) is 101 cm³/mol. The summed E-state index contributed by atoms with van der Waals surface area (Å²) in [5, 5.41) is 9.33. The van der Waals surface area contributed by atoms with Crippen molar-refractivity contribution in [2.75, 3.05) is 23.7 Å². The number of piperidine rings is 1. The first-order valence-electron chi connectivity index (χ1n) is 8.24. The molecule has 0 bridgehead atoms. The first kappa shape index (κ1) is 17.9. The Morgan fingerprint density at radius 3 is 2.50 bits per heavy atom. The lowest BCUT2D eigenvalue weighted by atomic mass is 9.89. The van der Waals surface area contributed by atoms with Crippen molar-refractivity contribution >= 4 is 35.1 Å². The Labute approximate surface area is 156 Å². The van der Waals surface area contributed by atoms with Gasteiger partial charge in [0.25, 0.3) is 5.91 Å². The van der Waals surface area contributed by atoms with Crippen LogP contribution in [0.3, 0.4) is 0 Å². The molecule has 1 fully saturated rings. The van der Waals surface area contributed by atoms with Crippen molar-refractivity contribution in [3.05, 3.63) is 46.7 Å². The number of aromatic nitrogens is 2. The lowest BCUT2D eigenvalue weighted by Crippen LogP contribution is -2.37. The average molecular weight is 374 g/mol. The Kier molecular flexibility index (Phi) is 5.22. The smallest absolute Gasteiger partial charge is 0.280 e. The molecule has 136 valence electrons. The minimum absolute atomic E-state index is 0.0478. The van der Waals surface area contributed by atoms with Crippen LogP contribution in [0.15, 0.2) is 30.3 Å². The summed E-state index contributed by atoms with van der Waals surface area (Å²) in [5.74, 6) is -0.293. The molecule has 0 saturated carbocycles. The van der Waals surface area contributed by atoms with Crippen LogP contribution >= 0.6 is 11.6 Å². The van der Waals surface area contributed by atoms with E-state index in [1.54, 1.807) is 0 Å². The molecule has 0 radical (unpaired) electrons. The van der Waals surface area contributed by atoms with Gasteiger partial charge < -0.3 is 16.4 Å². The second-order valence-electron chi connectivity index (χ2n) is 6.11. The van der Waals surface area contributed by atoms with Crippen LogP contribution in [0.5, 0.6) is 0 Å². The van der Waals surface area contributed by atoms with E-state index in [4.69, 9.17) is 28.5 Å². The number of benzene rings is 1. The van der Waals surface area contributed by atoms with Gasteiger partial charge in [-0.15, -0.1) is 0 Å². The molecule has 1 aliphatic rings. The molecule has 0 atom stereocenters. The topological polar surface area (TPSA) is 134 Å². The van der Waals surface area contributed by atoms with E-state index in [0.717, 1.165) is 25.9 Å². The van der Waals surface area contributed by atoms with Gasteiger partial charge in [-0.25, -0.2) is 9.97 Å². The van der Waals surface area contributed by atoms with Crippen LogP contribution in [0.4, 0.5) is 11.6 Å². The molecule has 3 rings (SSSR count). The van der Waals surface area contributed by atoms with Gasteiger partial charge in [0.05, 0.1) is 0 Å². The fraction of sp³-hybridized carbons (Fsp3) is 0.294. The molecule has 8 nitrogen and oxygen atoms in total. The number of guanidine groups is 1. The summed E-state index contributed by atoms with van der Waals surface area (Å²) in [7, 11) is 0. The fourth-order valence-electron chi connectivity index (χ4n) is 3.12. The number of nitrogens with one attached hydrogen (secondary N) is 2. The molecule has 26 heavy (non-hydrogen) atoms. The van der Waals surface area contributed by atoms with E-state index in [9.17, 15) is 4.79 Å². The first-order chi connectivity index (χ1) is 12.5. The van der Waals surface area contributed by atoms with Crippen LogP contribution in [0, 0.1) is 5.41 Å². The van der Waals surface area contributed by atoms with E-state index in [1.165, 1.54) is 5.56 Å². The lowest BCUT2D eigenvalue weighted by molar-refractivity contribution is 0.0972. The van der Waals surface area contributed by atoms with Crippen molar-refractivity contribution in [1.82, 2.24) is 15.3 Å². The summed E-state index contributed by atoms with van der Waals surface area (Å²) in [6.07, 6.45) is 1.93. The number of nitrogen functional groups attached to an aromatic ring is 1. The number of anilines is 2. The highest BCUT2D eigenvalue weighted by atomic mass is 35.5. The van der Waals surface area contributed by atoms with Gasteiger partial charge in [-0.05, 0) is 24.3 Å². The van der Waals surface area contributed by atoms with Gasteiger partial charge in [-0.2, -0.15) is 0 Å². The largest absolute Gasteiger partial charge is 0.382 e. The number of halogens is 1. The molecule has 1 amide bonds. The van der Waals surface area contributed by atoms with Crippen molar-refractivity contribution in [1.29, 1.82) is 5.41 Å². The third-order valence-electron chi connectivity index (χ3n) is 4.39. The Balaban J connectivity index is 1.73. The van der Waals surface area contributed by atoms with E-state index in [-0.39, 0.29) is 16.7 Å². The van der Waals surface area contributed by atoms with Crippen molar-refractivity contribution in [3.63, 3.8) is 0 Å². The molecular formula is C17H20ClN7O. The minimum atomic E-state index is -0.710. The Morgan fingerprint density at radius 2 is 1.88 bits per heavy atom. The zero-order chi connectivity index (χ0) is 18.7. The highest BCUT2D eigenvalue weighted by molar-refractivity contribution is 6.32. The average Bonchev–Trinajstić information content (AvgIpc) is 2.63. The number of carbonyl (C=O) groups excluding carboxylic acids is 1. The Morgan fingerprint density at radius 1 is 1.23 bits per heavy atom. The molecule has 1 aromatic heterocycles. The van der Waals surface area contributed by atoms with Gasteiger partial charge in [-0.1, -0.05) is 41.9 Å². The maximum atomic E-state index is 11.9. The number of hydrogen-bond donors (Lipinski definition) is 4. The quantitative estimate of drug-likeness (QED) is 0.478. The molecule has 1 aromatic carbocycles. The molecule has 1 saturated heterocycles. The number of rotatable bonds is 3. The first-order valence-corrected chi connectivity index (χ1v) is 8.61. The van der Waals surface area contributed by atoms with Crippen LogP contribution < -0.4 is 21.7 Å². The van der Waals surface area contributed by atoms with E-state index in [2.05, 4.69) is 39.6 Å². The normalized spacial score (nSPS) is 14.9. The number of nitrogens with zero attached hydrogens (tertiary/aromatic N) is 3. The van der Waals surface area contributed by atoms with Crippen LogP contribution in [0.25, 0.3) is 0 Å². The standard InChI is InChI=1S/C17H20ClN7O/c18-13-15(23-14(19)12(22-13)16(26)24-17(20)21)25-8-6-11(7-9-25)10-4-2-1-3-5-10/h1-5,11H,6-9H2,(H2,19,23)(H4,20,21,24,26). The number of amides is 1. The second-order valence-corrected chi connectivity index (χ2v) is 6.47. The Bertz CT molecular complexity index is 819. The molecule has 9 heteroatoms. The van der Waals surface area contributed by atoms with E-state index in [0.29, 0.717) is 11.7 Å². The van der Waals surface area contributed by atoms with Crippen molar-refractivity contribution < 1.29 is 4.79 Å². The molecule has 0 aliphatic carbocycles. The maximum Gasteiger partial charge on any atom is 0.280 e. The van der Waals surface area contributed by atoms with E-state index < -0.39 is 11.9 Å². The lowest BCUT2D eigenvalue weighted by Gasteiger charge is -2.33. The van der Waals surface area contributed by atoms with Crippen molar-refractivity contribution in [2.45, 2.75) is 18.8 Å². The SMILES string of the molecule is N=C(N)NC(=O)c1nc(Cl)c(N2CCC(c3ccccc3)CC2)nc1N. The zero-order valence-corrected chi connectivity index (χ0v) is 14.8. The molecule has 0 unspecified atom stereocenters. The molecule has 0 spiro atoms. The minimum Gasteiger partial charge on any atom is -0.382 e. The summed E-state index contributed by atoms with van der Waals surface area (Å²) in [5.41, 5.74) is 12.2. The molecule has 2 aromatic rings. The molecule has 6 N–H and O–H groups in total. The zero-order valence-electron chi connectivity index (χ0n) is 14.1. The van der Waals surface area contributed by atoms with Gasteiger partial charge in [0, 0.05) is 13.1 Å². The van der Waals surface area contributed by atoms with Gasteiger partial charge in [0.15, 0.2) is 28.4 Å². The summed E-state index contributed by atoms with van der Waals surface area (Å²) in [6, 6.07) is 10.4. The maximum absolute atomic E-state index is 11.9. The molecule has 2 heterocycles. The number of hydrogen-bond acceptors (Lipinski definition) is 6. The predicted octanol–water partition coefficient (Wildman–Crippen LogP) is 1.72. The van der Waals surface area contributed by atoms with Crippen LogP contribution in [-0.4, -0.2) is 34.9 Å². The summed E-state index contributed by atoms with van der Waals surface area (Å²) in [4.78, 5) is 22.3. The third kappa shape index (κ3) is 3.85. The summed E-state index contributed by atoms with van der Waals surface area (Å²) in [6.45, 7) is 1.54. The number of carbonyl (C=O) groups is 1. The molecule has 1 aliphatic heterocycles. The third-order valence-corrected chi connectivity index (χ3v) is 4.65. The fourth-order valence-corrected chi connectivity index (χ4v) is 3.36. The monoisotopic (exact) mass is 373 g/mol. The van der Waals surface area contributed by atoms with Gasteiger partial charge in [0.1, 0.15) is 0 Å². The highest BCUT2D eigenvalue weighted by Gasteiger charge is 2.25. The van der Waals surface area contributed by atoms with Gasteiger partial charge >= 0.3 is 0 Å². The van der Waals surface area contributed by atoms with E-state index >= 15 is 0 Å². The van der Waals surface area contributed by atoms with Gasteiger partial charge in [-0.3, -0.25) is 15.5 Å². The number of nitrogens with two attached hydrogens (primary N) is 2.